The van der Waals surface area contributed by atoms with Crippen LogP contribution in [0, 0.1) is 11.8 Å². The van der Waals surface area contributed by atoms with Crippen LogP contribution in [-0.4, -0.2) is 12.6 Å². The van der Waals surface area contributed by atoms with E-state index in [0.717, 1.165) is 18.4 Å². The molecule has 0 aromatic heterocycles. The first-order valence-corrected chi connectivity index (χ1v) is 4.33. The van der Waals surface area contributed by atoms with Crippen molar-refractivity contribution in [1.82, 2.24) is 5.32 Å². The lowest BCUT2D eigenvalue weighted by atomic mass is 9.91. The zero-order chi connectivity index (χ0) is 8.15. The highest BCUT2D eigenvalue weighted by Gasteiger charge is 2.13. The Morgan fingerprint density at radius 3 is 1.90 bits per heavy atom. The molecule has 0 aliphatic heterocycles. The first-order valence-electron chi connectivity index (χ1n) is 4.33. The number of hydrogen-bond acceptors (Lipinski definition) is 1. The molecule has 10 heavy (non-hydrogen) atoms. The molecule has 0 radical (unpaired) electrons. The molecule has 0 aliphatic carbocycles. The molecule has 1 N–H and O–H groups in total. The van der Waals surface area contributed by atoms with Gasteiger partial charge in [0.05, 0.1) is 0 Å². The van der Waals surface area contributed by atoms with E-state index in [4.69, 9.17) is 0 Å². The van der Waals surface area contributed by atoms with Gasteiger partial charge in [0.2, 0.25) is 0 Å². The summed E-state index contributed by atoms with van der Waals surface area (Å²) in [6.45, 7) is 12.4. The minimum atomic E-state index is 0.657. The van der Waals surface area contributed by atoms with E-state index in [1.165, 1.54) is 0 Å². The van der Waals surface area contributed by atoms with Crippen molar-refractivity contribution in [3.63, 3.8) is 0 Å². The molecule has 1 unspecified atom stereocenters. The Kier molecular flexibility index (Phi) is 4.71. The summed E-state index contributed by atoms with van der Waals surface area (Å²) in [5.74, 6) is 1.56. The molecule has 1 heteroatoms. The van der Waals surface area contributed by atoms with Crippen LogP contribution >= 0.6 is 0 Å². The molecule has 0 aliphatic rings. The van der Waals surface area contributed by atoms with Gasteiger partial charge in [0.1, 0.15) is 0 Å². The minimum absolute atomic E-state index is 0.657. The SMILES string of the molecule is CCN[C@@H](C)C(C)C(C)C. The van der Waals surface area contributed by atoms with Crippen molar-refractivity contribution in [3.05, 3.63) is 0 Å². The molecule has 0 saturated carbocycles. The molecular formula is C9H21N. The lowest BCUT2D eigenvalue weighted by molar-refractivity contribution is 0.319. The fourth-order valence-electron chi connectivity index (χ4n) is 1.09. The Balaban J connectivity index is 3.58. The van der Waals surface area contributed by atoms with Crippen molar-refractivity contribution in [2.75, 3.05) is 6.54 Å². The summed E-state index contributed by atoms with van der Waals surface area (Å²) in [7, 11) is 0. The van der Waals surface area contributed by atoms with Gasteiger partial charge in [0.25, 0.3) is 0 Å². The van der Waals surface area contributed by atoms with Gasteiger partial charge in [-0.05, 0) is 25.3 Å². The maximum Gasteiger partial charge on any atom is 0.00666 e. The van der Waals surface area contributed by atoms with Crippen LogP contribution in [0.5, 0.6) is 0 Å². The molecule has 2 atom stereocenters. The highest BCUT2D eigenvalue weighted by atomic mass is 14.9. The summed E-state index contributed by atoms with van der Waals surface area (Å²) < 4.78 is 0. The lowest BCUT2D eigenvalue weighted by Crippen LogP contribution is -2.34. The maximum atomic E-state index is 3.43. The van der Waals surface area contributed by atoms with Gasteiger partial charge in [-0.15, -0.1) is 0 Å². The monoisotopic (exact) mass is 143 g/mol. The Labute approximate surface area is 65.2 Å². The van der Waals surface area contributed by atoms with Gasteiger partial charge in [0.15, 0.2) is 0 Å². The van der Waals surface area contributed by atoms with Crippen LogP contribution in [-0.2, 0) is 0 Å². The van der Waals surface area contributed by atoms with E-state index < -0.39 is 0 Å². The largest absolute Gasteiger partial charge is 0.314 e. The van der Waals surface area contributed by atoms with Gasteiger partial charge >= 0.3 is 0 Å². The van der Waals surface area contributed by atoms with Gasteiger partial charge in [-0.25, -0.2) is 0 Å². The standard InChI is InChI=1S/C9H21N/c1-6-10-9(5)8(4)7(2)3/h7-10H,6H2,1-5H3/t8?,9-/m0/s1. The summed E-state index contributed by atoms with van der Waals surface area (Å²) in [5.41, 5.74) is 0. The van der Waals surface area contributed by atoms with Crippen LogP contribution in [0.2, 0.25) is 0 Å². The molecule has 0 fully saturated rings. The lowest BCUT2D eigenvalue weighted by Gasteiger charge is -2.23. The predicted molar refractivity (Wildman–Crippen MR) is 47.1 cm³/mol. The summed E-state index contributed by atoms with van der Waals surface area (Å²) in [4.78, 5) is 0. The maximum absolute atomic E-state index is 3.43. The van der Waals surface area contributed by atoms with Crippen LogP contribution < -0.4 is 5.32 Å². The molecule has 1 nitrogen and oxygen atoms in total. The van der Waals surface area contributed by atoms with Crippen LogP contribution in [0.1, 0.15) is 34.6 Å². The first kappa shape index (κ1) is 9.96. The van der Waals surface area contributed by atoms with Gasteiger partial charge in [-0.1, -0.05) is 27.7 Å². The van der Waals surface area contributed by atoms with Gasteiger partial charge in [0, 0.05) is 6.04 Å². The van der Waals surface area contributed by atoms with E-state index in [1.54, 1.807) is 0 Å². The summed E-state index contributed by atoms with van der Waals surface area (Å²) in [6, 6.07) is 0.657. The molecule has 0 saturated heterocycles. The Bertz CT molecular complexity index is 78.8. The zero-order valence-electron chi connectivity index (χ0n) is 7.94. The molecule has 0 amide bonds. The third-order valence-electron chi connectivity index (χ3n) is 2.37. The molecule has 0 spiro atoms. The predicted octanol–water partition coefficient (Wildman–Crippen LogP) is 2.28. The van der Waals surface area contributed by atoms with Crippen LogP contribution in [0.3, 0.4) is 0 Å². The number of hydrogen-bond donors (Lipinski definition) is 1. The second-order valence-corrected chi connectivity index (χ2v) is 3.45. The quantitative estimate of drug-likeness (QED) is 0.636. The van der Waals surface area contributed by atoms with Crippen LogP contribution in [0.25, 0.3) is 0 Å². The molecular weight excluding hydrogens is 122 g/mol. The van der Waals surface area contributed by atoms with E-state index in [1.807, 2.05) is 0 Å². The number of nitrogens with one attached hydrogen (secondary N) is 1. The van der Waals surface area contributed by atoms with E-state index in [9.17, 15) is 0 Å². The van der Waals surface area contributed by atoms with E-state index in [-0.39, 0.29) is 0 Å². The molecule has 62 valence electrons. The van der Waals surface area contributed by atoms with E-state index in [0.29, 0.717) is 6.04 Å². The molecule has 0 rings (SSSR count). The average Bonchev–Trinajstić information content (AvgIpc) is 1.87. The summed E-state index contributed by atoms with van der Waals surface area (Å²) >= 11 is 0. The molecule has 0 aromatic rings. The van der Waals surface area contributed by atoms with Gasteiger partial charge in [-0.2, -0.15) is 0 Å². The Hall–Kier alpha value is -0.0400. The first-order chi connectivity index (χ1) is 4.59. The second-order valence-electron chi connectivity index (χ2n) is 3.45. The van der Waals surface area contributed by atoms with Crippen molar-refractivity contribution in [2.45, 2.75) is 40.7 Å². The van der Waals surface area contributed by atoms with Crippen molar-refractivity contribution >= 4 is 0 Å². The molecule has 0 heterocycles. The van der Waals surface area contributed by atoms with Crippen LogP contribution in [0.15, 0.2) is 0 Å². The van der Waals surface area contributed by atoms with Crippen molar-refractivity contribution in [3.8, 4) is 0 Å². The van der Waals surface area contributed by atoms with Crippen molar-refractivity contribution in [1.29, 1.82) is 0 Å². The average molecular weight is 143 g/mol. The topological polar surface area (TPSA) is 12.0 Å². The molecule has 0 bridgehead atoms. The summed E-state index contributed by atoms with van der Waals surface area (Å²) in [6.07, 6.45) is 0. The van der Waals surface area contributed by atoms with Crippen molar-refractivity contribution in [2.24, 2.45) is 11.8 Å². The minimum Gasteiger partial charge on any atom is -0.314 e. The third kappa shape index (κ3) is 3.21. The number of rotatable bonds is 4. The smallest absolute Gasteiger partial charge is 0.00666 e. The summed E-state index contributed by atoms with van der Waals surface area (Å²) in [5, 5.41) is 3.43. The highest BCUT2D eigenvalue weighted by Crippen LogP contribution is 2.13. The normalized spacial score (nSPS) is 17.4. The zero-order valence-corrected chi connectivity index (χ0v) is 7.94. The van der Waals surface area contributed by atoms with E-state index in [2.05, 4.69) is 39.9 Å². The Morgan fingerprint density at radius 1 is 1.10 bits per heavy atom. The molecule has 0 aromatic carbocycles. The highest BCUT2D eigenvalue weighted by molar-refractivity contribution is 4.69. The Morgan fingerprint density at radius 2 is 1.60 bits per heavy atom. The van der Waals surface area contributed by atoms with Gasteiger partial charge < -0.3 is 5.32 Å². The second kappa shape index (κ2) is 4.73. The van der Waals surface area contributed by atoms with Gasteiger partial charge in [-0.3, -0.25) is 0 Å². The fraction of sp³-hybridized carbons (Fsp3) is 1.00. The van der Waals surface area contributed by atoms with Crippen molar-refractivity contribution < 1.29 is 0 Å². The fourth-order valence-corrected chi connectivity index (χ4v) is 1.09. The van der Waals surface area contributed by atoms with E-state index >= 15 is 0 Å². The third-order valence-corrected chi connectivity index (χ3v) is 2.37. The van der Waals surface area contributed by atoms with Crippen LogP contribution in [0.4, 0.5) is 0 Å².